The number of nitro groups is 1. The van der Waals surface area contributed by atoms with Crippen LogP contribution in [0.5, 0.6) is 5.75 Å². The maximum Gasteiger partial charge on any atom is 0.366 e. The highest BCUT2D eigenvalue weighted by Gasteiger charge is 2.40. The van der Waals surface area contributed by atoms with Gasteiger partial charge in [0.15, 0.2) is 5.75 Å². The van der Waals surface area contributed by atoms with Gasteiger partial charge in [-0.25, -0.2) is 4.39 Å². The van der Waals surface area contributed by atoms with Gasteiger partial charge in [-0.1, -0.05) is 48.5 Å². The van der Waals surface area contributed by atoms with Crippen LogP contribution in [-0.2, 0) is 11.3 Å². The maximum atomic E-state index is 14.2. The van der Waals surface area contributed by atoms with Gasteiger partial charge in [-0.05, 0) is 22.0 Å². The number of hydrogen-bond donors (Lipinski definition) is 0. The molecule has 0 fully saturated rings. The third-order valence-corrected chi connectivity index (χ3v) is 4.39. The number of rotatable bonds is 4. The van der Waals surface area contributed by atoms with Crippen molar-refractivity contribution in [3.8, 4) is 5.75 Å². The number of ether oxygens (including phenoxy) is 1. The fraction of sp³-hybridized carbons (Fsp3) is 0.100. The quantitative estimate of drug-likeness (QED) is 0.508. The highest BCUT2D eigenvalue weighted by Crippen LogP contribution is 2.39. The van der Waals surface area contributed by atoms with Gasteiger partial charge in [-0.3, -0.25) is 9.69 Å². The van der Waals surface area contributed by atoms with Crippen LogP contribution < -0.4 is 9.64 Å². The Bertz CT molecular complexity index is 1060. The van der Waals surface area contributed by atoms with E-state index >= 15 is 0 Å². The molecule has 0 aliphatic carbocycles. The number of benzene rings is 2. The smallest absolute Gasteiger partial charge is 0.366 e. The summed E-state index contributed by atoms with van der Waals surface area (Å²) in [6.45, 7) is -0.126. The lowest BCUT2D eigenvalue weighted by Gasteiger charge is -2.31. The zero-order chi connectivity index (χ0) is 19.7. The maximum absolute atomic E-state index is 14.2. The van der Waals surface area contributed by atoms with Crippen LogP contribution in [0, 0.1) is 15.9 Å². The van der Waals surface area contributed by atoms with E-state index in [4.69, 9.17) is 4.74 Å². The van der Waals surface area contributed by atoms with Gasteiger partial charge < -0.3 is 14.9 Å². The molecule has 2 heterocycles. The number of aromatic nitrogens is 1. The zero-order valence-corrected chi connectivity index (χ0v) is 14.5. The van der Waals surface area contributed by atoms with Gasteiger partial charge in [-0.2, -0.15) is 0 Å². The molecule has 1 aliphatic rings. The fourth-order valence-electron chi connectivity index (χ4n) is 3.02. The number of halogens is 1. The van der Waals surface area contributed by atoms with Crippen LogP contribution in [0.1, 0.15) is 17.2 Å². The normalized spacial score (nSPS) is 15.7. The Labute approximate surface area is 159 Å². The largest absolute Gasteiger partial charge is 0.469 e. The van der Waals surface area contributed by atoms with Crippen molar-refractivity contribution in [2.75, 3.05) is 4.90 Å². The van der Waals surface area contributed by atoms with Crippen LogP contribution in [-0.4, -0.2) is 15.8 Å². The molecule has 0 radical (unpaired) electrons. The van der Waals surface area contributed by atoms with Crippen molar-refractivity contribution in [2.24, 2.45) is 0 Å². The van der Waals surface area contributed by atoms with E-state index < -0.39 is 28.6 Å². The van der Waals surface area contributed by atoms with Crippen molar-refractivity contribution in [1.82, 2.24) is 4.98 Å². The molecule has 1 amide bonds. The van der Waals surface area contributed by atoms with Crippen LogP contribution in [0.15, 0.2) is 66.7 Å². The minimum absolute atomic E-state index is 0.00497. The SMILES string of the molecule is O=C1C(c2ccccc2)Oc2ccc([N+](=O)[O-])nc2N1Cc1ccccc1F. The van der Waals surface area contributed by atoms with Crippen LogP contribution >= 0.6 is 0 Å². The summed E-state index contributed by atoms with van der Waals surface area (Å²) in [6, 6.07) is 17.5. The molecule has 1 unspecified atom stereocenters. The summed E-state index contributed by atoms with van der Waals surface area (Å²) in [4.78, 5) is 28.8. The van der Waals surface area contributed by atoms with Crippen molar-refractivity contribution < 1.29 is 18.8 Å². The molecule has 1 aromatic heterocycles. The first-order valence-electron chi connectivity index (χ1n) is 8.46. The molecule has 8 heteroatoms. The Hall–Kier alpha value is -3.81. The number of carbonyl (C=O) groups is 1. The van der Waals surface area contributed by atoms with Crippen LogP contribution in [0.3, 0.4) is 0 Å². The number of pyridine rings is 1. The third-order valence-electron chi connectivity index (χ3n) is 4.39. The number of hydrogen-bond acceptors (Lipinski definition) is 5. The second-order valence-electron chi connectivity index (χ2n) is 6.17. The number of anilines is 1. The molecule has 1 aliphatic heterocycles. The summed E-state index contributed by atoms with van der Waals surface area (Å²) in [7, 11) is 0. The number of fused-ring (bicyclic) bond motifs is 1. The van der Waals surface area contributed by atoms with Crippen molar-refractivity contribution >= 4 is 17.5 Å². The van der Waals surface area contributed by atoms with Crippen molar-refractivity contribution in [1.29, 1.82) is 0 Å². The van der Waals surface area contributed by atoms with E-state index in [-0.39, 0.29) is 23.7 Å². The van der Waals surface area contributed by atoms with E-state index in [1.807, 2.05) is 6.07 Å². The number of nitrogens with zero attached hydrogens (tertiary/aromatic N) is 3. The summed E-state index contributed by atoms with van der Waals surface area (Å²) in [5.41, 5.74) is 0.888. The molecule has 0 saturated heterocycles. The fourth-order valence-corrected chi connectivity index (χ4v) is 3.02. The Morgan fingerprint density at radius 2 is 1.79 bits per heavy atom. The molecule has 28 heavy (non-hydrogen) atoms. The van der Waals surface area contributed by atoms with Gasteiger partial charge in [0.25, 0.3) is 11.7 Å². The van der Waals surface area contributed by atoms with Crippen LogP contribution in [0.2, 0.25) is 0 Å². The van der Waals surface area contributed by atoms with Crippen molar-refractivity contribution in [3.05, 3.63) is 93.8 Å². The molecule has 0 bridgehead atoms. The summed E-state index contributed by atoms with van der Waals surface area (Å²) >= 11 is 0. The molecule has 0 N–H and O–H groups in total. The third kappa shape index (κ3) is 3.16. The molecular formula is C20H14FN3O4. The Balaban J connectivity index is 1.81. The van der Waals surface area contributed by atoms with Gasteiger partial charge in [0.2, 0.25) is 6.10 Å². The monoisotopic (exact) mass is 379 g/mol. The number of carbonyl (C=O) groups excluding carboxylic acids is 1. The van der Waals surface area contributed by atoms with Crippen molar-refractivity contribution in [3.63, 3.8) is 0 Å². The minimum Gasteiger partial charge on any atom is -0.469 e. The van der Waals surface area contributed by atoms with Crippen molar-refractivity contribution in [2.45, 2.75) is 12.6 Å². The lowest BCUT2D eigenvalue weighted by Crippen LogP contribution is -2.41. The Morgan fingerprint density at radius 3 is 2.50 bits per heavy atom. The standard InChI is InChI=1S/C20H14FN3O4/c21-15-9-5-4-8-14(15)12-23-19-16(10-11-17(22-19)24(26)27)28-18(20(23)25)13-6-2-1-3-7-13/h1-11,18H,12H2. The van der Waals surface area contributed by atoms with E-state index in [1.165, 1.54) is 23.1 Å². The highest BCUT2D eigenvalue weighted by molar-refractivity contribution is 5.99. The highest BCUT2D eigenvalue weighted by atomic mass is 19.1. The first-order valence-corrected chi connectivity index (χ1v) is 8.46. The Kier molecular flexibility index (Phi) is 4.44. The van der Waals surface area contributed by atoms with E-state index in [9.17, 15) is 19.3 Å². The lowest BCUT2D eigenvalue weighted by atomic mass is 10.1. The minimum atomic E-state index is -0.955. The molecule has 3 aromatic rings. The van der Waals surface area contributed by atoms with E-state index in [1.54, 1.807) is 42.5 Å². The average molecular weight is 379 g/mol. The van der Waals surface area contributed by atoms with Gasteiger partial charge in [0.05, 0.1) is 6.54 Å². The van der Waals surface area contributed by atoms with E-state index in [0.29, 0.717) is 5.56 Å². The predicted molar refractivity (Wildman–Crippen MR) is 98.3 cm³/mol. The van der Waals surface area contributed by atoms with Gasteiger partial charge >= 0.3 is 5.82 Å². The van der Waals surface area contributed by atoms with Gasteiger partial charge in [0, 0.05) is 17.2 Å². The Morgan fingerprint density at radius 1 is 1.07 bits per heavy atom. The first kappa shape index (κ1) is 17.6. The van der Waals surface area contributed by atoms with Crippen LogP contribution in [0.25, 0.3) is 0 Å². The lowest BCUT2D eigenvalue weighted by molar-refractivity contribution is -0.389. The molecule has 1 atom stereocenters. The molecule has 0 spiro atoms. The van der Waals surface area contributed by atoms with Gasteiger partial charge in [-0.15, -0.1) is 0 Å². The molecule has 140 valence electrons. The summed E-state index contributed by atoms with van der Waals surface area (Å²) in [5.74, 6) is -1.17. The molecule has 0 saturated carbocycles. The second kappa shape index (κ2) is 7.07. The summed E-state index contributed by atoms with van der Waals surface area (Å²) < 4.78 is 20.0. The molecule has 4 rings (SSSR count). The predicted octanol–water partition coefficient (Wildman–Crippen LogP) is 3.80. The van der Waals surface area contributed by atoms with Gasteiger partial charge in [0.1, 0.15) is 5.82 Å². The molecule has 7 nitrogen and oxygen atoms in total. The summed E-state index contributed by atoms with van der Waals surface area (Å²) in [5, 5.41) is 11.1. The van der Waals surface area contributed by atoms with E-state index in [2.05, 4.69) is 4.98 Å². The molecule has 2 aromatic carbocycles. The topological polar surface area (TPSA) is 85.6 Å². The number of amides is 1. The zero-order valence-electron chi connectivity index (χ0n) is 14.5. The average Bonchev–Trinajstić information content (AvgIpc) is 2.71. The van der Waals surface area contributed by atoms with E-state index in [0.717, 1.165) is 0 Å². The second-order valence-corrected chi connectivity index (χ2v) is 6.17. The molecular weight excluding hydrogens is 365 g/mol. The summed E-state index contributed by atoms with van der Waals surface area (Å²) in [6.07, 6.45) is -0.955. The first-order chi connectivity index (χ1) is 13.5. The van der Waals surface area contributed by atoms with Crippen LogP contribution in [0.4, 0.5) is 16.0 Å².